The number of aromatic nitrogens is 1. The van der Waals surface area contributed by atoms with Crippen molar-refractivity contribution in [1.82, 2.24) is 10.3 Å². The van der Waals surface area contributed by atoms with Crippen molar-refractivity contribution in [3.63, 3.8) is 0 Å². The summed E-state index contributed by atoms with van der Waals surface area (Å²) in [7, 11) is 3.78. The van der Waals surface area contributed by atoms with Crippen LogP contribution in [0.5, 0.6) is 0 Å². The van der Waals surface area contributed by atoms with Gasteiger partial charge in [0.2, 0.25) is 0 Å². The fourth-order valence-electron chi connectivity index (χ4n) is 2.50. The fraction of sp³-hybridized carbons (Fsp3) is 0.316. The quantitative estimate of drug-likeness (QED) is 0.770. The lowest BCUT2D eigenvalue weighted by Crippen LogP contribution is -2.37. The molecule has 0 radical (unpaired) electrons. The topological polar surface area (TPSA) is 82.5 Å². The summed E-state index contributed by atoms with van der Waals surface area (Å²) in [5.41, 5.74) is 2.25. The highest BCUT2D eigenvalue weighted by molar-refractivity contribution is 5.93. The second-order valence-corrected chi connectivity index (χ2v) is 6.09. The highest BCUT2D eigenvalue weighted by atomic mass is 16.4. The second-order valence-electron chi connectivity index (χ2n) is 6.09. The maximum Gasteiger partial charge on any atom is 0.303 e. The molecule has 2 aromatic rings. The van der Waals surface area contributed by atoms with Crippen LogP contribution in [0.2, 0.25) is 0 Å². The van der Waals surface area contributed by atoms with Crippen LogP contribution in [0.4, 0.5) is 5.69 Å². The number of hydrogen-bond acceptors (Lipinski definition) is 4. The molecule has 0 aliphatic carbocycles. The largest absolute Gasteiger partial charge is 0.481 e. The molecule has 2 N–H and O–H groups in total. The van der Waals surface area contributed by atoms with Crippen LogP contribution in [0, 0.1) is 0 Å². The summed E-state index contributed by atoms with van der Waals surface area (Å²) in [6, 6.07) is 13.0. The summed E-state index contributed by atoms with van der Waals surface area (Å²) in [5, 5.41) is 11.9. The molecule has 132 valence electrons. The Morgan fingerprint density at radius 1 is 1.20 bits per heavy atom. The number of carboxylic acid groups (broad SMARTS) is 1. The number of carbonyl (C=O) groups is 2. The Bertz CT molecular complexity index is 717. The molecule has 1 amide bonds. The Balaban J connectivity index is 2.10. The average Bonchev–Trinajstić information content (AvgIpc) is 2.60. The monoisotopic (exact) mass is 341 g/mol. The van der Waals surface area contributed by atoms with Crippen molar-refractivity contribution in [3.05, 3.63) is 59.9 Å². The number of rotatable bonds is 8. The van der Waals surface area contributed by atoms with E-state index in [0.717, 1.165) is 11.3 Å². The Labute approximate surface area is 147 Å². The third-order valence-electron chi connectivity index (χ3n) is 3.86. The van der Waals surface area contributed by atoms with Crippen LogP contribution in [0.15, 0.2) is 48.7 Å². The van der Waals surface area contributed by atoms with E-state index in [1.54, 1.807) is 12.3 Å². The van der Waals surface area contributed by atoms with Crippen LogP contribution >= 0.6 is 0 Å². The van der Waals surface area contributed by atoms with Gasteiger partial charge in [-0.05, 0) is 30.5 Å². The zero-order valence-electron chi connectivity index (χ0n) is 14.5. The molecule has 6 nitrogen and oxygen atoms in total. The van der Waals surface area contributed by atoms with Gasteiger partial charge in [0.1, 0.15) is 5.69 Å². The Morgan fingerprint density at radius 2 is 1.92 bits per heavy atom. The van der Waals surface area contributed by atoms with Gasteiger partial charge in [-0.2, -0.15) is 0 Å². The van der Waals surface area contributed by atoms with Gasteiger partial charge in [-0.15, -0.1) is 0 Å². The Kier molecular flexibility index (Phi) is 6.51. The fourth-order valence-corrected chi connectivity index (χ4v) is 2.50. The minimum absolute atomic E-state index is 0.00292. The number of pyridine rings is 1. The molecule has 0 saturated heterocycles. The van der Waals surface area contributed by atoms with Crippen LogP contribution in [-0.4, -0.2) is 42.1 Å². The third-order valence-corrected chi connectivity index (χ3v) is 3.86. The van der Waals surface area contributed by atoms with E-state index >= 15 is 0 Å². The molecule has 1 aromatic carbocycles. The smallest absolute Gasteiger partial charge is 0.303 e. The summed E-state index contributed by atoms with van der Waals surface area (Å²) in [6.45, 7) is 0. The number of hydrogen-bond donors (Lipinski definition) is 2. The SMILES string of the molecule is CN(C)c1ccnc(C(=O)NC(CCC(=O)O)Cc2ccccc2)c1. The normalized spacial score (nSPS) is 11.6. The molecule has 1 aromatic heterocycles. The lowest BCUT2D eigenvalue weighted by Gasteiger charge is -2.19. The summed E-state index contributed by atoms with van der Waals surface area (Å²) < 4.78 is 0. The van der Waals surface area contributed by atoms with Crippen molar-refractivity contribution >= 4 is 17.6 Å². The lowest BCUT2D eigenvalue weighted by atomic mass is 10.0. The molecule has 0 bridgehead atoms. The van der Waals surface area contributed by atoms with Gasteiger partial charge < -0.3 is 15.3 Å². The van der Waals surface area contributed by atoms with E-state index in [2.05, 4.69) is 10.3 Å². The minimum Gasteiger partial charge on any atom is -0.481 e. The summed E-state index contributed by atoms with van der Waals surface area (Å²) >= 11 is 0. The molecule has 0 aliphatic rings. The van der Waals surface area contributed by atoms with Crippen LogP contribution < -0.4 is 10.2 Å². The summed E-state index contributed by atoms with van der Waals surface area (Å²) in [6.07, 6.45) is 2.53. The predicted octanol–water partition coefficient (Wildman–Crippen LogP) is 2.35. The van der Waals surface area contributed by atoms with Crippen molar-refractivity contribution in [2.75, 3.05) is 19.0 Å². The van der Waals surface area contributed by atoms with Crippen molar-refractivity contribution < 1.29 is 14.7 Å². The summed E-state index contributed by atoms with van der Waals surface area (Å²) in [4.78, 5) is 29.4. The van der Waals surface area contributed by atoms with Gasteiger partial charge >= 0.3 is 5.97 Å². The van der Waals surface area contributed by atoms with Gasteiger partial charge in [-0.25, -0.2) is 0 Å². The van der Waals surface area contributed by atoms with Crippen molar-refractivity contribution in [1.29, 1.82) is 0 Å². The first-order valence-electron chi connectivity index (χ1n) is 8.15. The number of nitrogens with one attached hydrogen (secondary N) is 1. The molecule has 0 aliphatic heterocycles. The van der Waals surface area contributed by atoms with Crippen molar-refractivity contribution in [2.45, 2.75) is 25.3 Å². The molecular formula is C19H23N3O3. The van der Waals surface area contributed by atoms with Gasteiger partial charge in [0.25, 0.3) is 5.91 Å². The number of nitrogens with zero attached hydrogens (tertiary/aromatic N) is 2. The van der Waals surface area contributed by atoms with Crippen LogP contribution in [0.3, 0.4) is 0 Å². The zero-order valence-corrected chi connectivity index (χ0v) is 14.5. The van der Waals surface area contributed by atoms with E-state index < -0.39 is 5.97 Å². The van der Waals surface area contributed by atoms with Crippen LogP contribution in [-0.2, 0) is 11.2 Å². The van der Waals surface area contributed by atoms with E-state index in [0.29, 0.717) is 18.5 Å². The molecule has 2 rings (SSSR count). The molecule has 0 spiro atoms. The van der Waals surface area contributed by atoms with E-state index in [-0.39, 0.29) is 18.4 Å². The first-order chi connectivity index (χ1) is 12.0. The number of carbonyl (C=O) groups excluding carboxylic acids is 1. The molecule has 1 atom stereocenters. The number of amides is 1. The number of benzene rings is 1. The van der Waals surface area contributed by atoms with Crippen LogP contribution in [0.25, 0.3) is 0 Å². The molecule has 0 saturated carbocycles. The van der Waals surface area contributed by atoms with Crippen LogP contribution in [0.1, 0.15) is 28.9 Å². The van der Waals surface area contributed by atoms with E-state index in [4.69, 9.17) is 5.11 Å². The maximum absolute atomic E-state index is 12.5. The zero-order chi connectivity index (χ0) is 18.2. The highest BCUT2D eigenvalue weighted by Crippen LogP contribution is 2.13. The minimum atomic E-state index is -0.875. The number of aliphatic carboxylic acids is 1. The van der Waals surface area contributed by atoms with Crippen molar-refractivity contribution in [2.24, 2.45) is 0 Å². The maximum atomic E-state index is 12.5. The average molecular weight is 341 g/mol. The van der Waals surface area contributed by atoms with Gasteiger partial charge in [0.05, 0.1) is 0 Å². The molecule has 6 heteroatoms. The molecule has 1 unspecified atom stereocenters. The van der Waals surface area contributed by atoms with E-state index in [1.807, 2.05) is 55.4 Å². The number of carboxylic acids is 1. The number of anilines is 1. The molecule has 25 heavy (non-hydrogen) atoms. The standard InChI is InChI=1S/C19H23N3O3/c1-22(2)16-10-11-20-17(13-16)19(25)21-15(8-9-18(23)24)12-14-6-4-3-5-7-14/h3-7,10-11,13,15H,8-9,12H2,1-2H3,(H,21,25)(H,23,24). The predicted molar refractivity (Wildman–Crippen MR) is 96.8 cm³/mol. The lowest BCUT2D eigenvalue weighted by molar-refractivity contribution is -0.137. The Hall–Kier alpha value is -2.89. The first kappa shape index (κ1) is 18.4. The molecule has 0 fully saturated rings. The van der Waals surface area contributed by atoms with E-state index in [1.165, 1.54) is 0 Å². The van der Waals surface area contributed by atoms with Gasteiger partial charge in [-0.3, -0.25) is 14.6 Å². The van der Waals surface area contributed by atoms with E-state index in [9.17, 15) is 9.59 Å². The van der Waals surface area contributed by atoms with Crippen molar-refractivity contribution in [3.8, 4) is 0 Å². The second kappa shape index (κ2) is 8.82. The molecular weight excluding hydrogens is 318 g/mol. The van der Waals surface area contributed by atoms with Gasteiger partial charge in [-0.1, -0.05) is 30.3 Å². The van der Waals surface area contributed by atoms with Gasteiger partial charge in [0, 0.05) is 38.4 Å². The summed E-state index contributed by atoms with van der Waals surface area (Å²) in [5.74, 6) is -1.17. The first-order valence-corrected chi connectivity index (χ1v) is 8.15. The molecule has 1 heterocycles. The Morgan fingerprint density at radius 3 is 2.56 bits per heavy atom. The highest BCUT2D eigenvalue weighted by Gasteiger charge is 2.17. The third kappa shape index (κ3) is 5.91. The van der Waals surface area contributed by atoms with Gasteiger partial charge in [0.15, 0.2) is 0 Å².